The number of hydrogen-bond acceptors (Lipinski definition) is 4. The number of methoxy groups -OCH3 is 1. The van der Waals surface area contributed by atoms with Gasteiger partial charge in [0.1, 0.15) is 11.5 Å². The van der Waals surface area contributed by atoms with Crippen molar-refractivity contribution in [2.24, 2.45) is 5.41 Å². The molecule has 0 bridgehead atoms. The molecule has 1 aromatic carbocycles. The molecule has 0 saturated carbocycles. The molecule has 2 N–H and O–H groups in total. The summed E-state index contributed by atoms with van der Waals surface area (Å²) in [4.78, 5) is 0. The van der Waals surface area contributed by atoms with E-state index in [-0.39, 0.29) is 22.6 Å². The van der Waals surface area contributed by atoms with Crippen LogP contribution in [0, 0.1) is 5.41 Å². The van der Waals surface area contributed by atoms with Crippen LogP contribution in [0.3, 0.4) is 0 Å². The molecule has 0 aliphatic rings. The van der Waals surface area contributed by atoms with Crippen molar-refractivity contribution < 1.29 is 18.3 Å². The van der Waals surface area contributed by atoms with E-state index in [0.717, 1.165) is 0 Å². The van der Waals surface area contributed by atoms with Gasteiger partial charge >= 0.3 is 0 Å². The molecular weight excluding hydrogens is 254 g/mol. The number of ether oxygens (including phenoxy) is 1. The van der Waals surface area contributed by atoms with E-state index in [9.17, 15) is 13.5 Å². The Kier molecular flexibility index (Phi) is 4.11. The smallest absolute Gasteiger partial charge is 0.233 e. The Morgan fingerprint density at radius 1 is 1.33 bits per heavy atom. The SMILES string of the molecule is COc1ccc(O)c(NS(=O)(=O)CC(C)(C)C)c1. The molecule has 0 aromatic heterocycles. The summed E-state index contributed by atoms with van der Waals surface area (Å²) in [5.41, 5.74) is -0.237. The maximum atomic E-state index is 11.9. The van der Waals surface area contributed by atoms with Crippen molar-refractivity contribution in [2.45, 2.75) is 20.8 Å². The summed E-state index contributed by atoms with van der Waals surface area (Å²) in [5.74, 6) is 0.311. The van der Waals surface area contributed by atoms with Gasteiger partial charge in [0.2, 0.25) is 10.0 Å². The fraction of sp³-hybridized carbons (Fsp3) is 0.500. The first-order valence-electron chi connectivity index (χ1n) is 5.50. The number of benzene rings is 1. The first-order chi connectivity index (χ1) is 8.13. The van der Waals surface area contributed by atoms with Gasteiger partial charge in [-0.1, -0.05) is 20.8 Å². The van der Waals surface area contributed by atoms with E-state index in [4.69, 9.17) is 4.74 Å². The third kappa shape index (κ3) is 4.44. The molecule has 0 radical (unpaired) electrons. The maximum Gasteiger partial charge on any atom is 0.233 e. The second-order valence-corrected chi connectivity index (χ2v) is 7.03. The number of anilines is 1. The van der Waals surface area contributed by atoms with Gasteiger partial charge < -0.3 is 9.84 Å². The number of aromatic hydroxyl groups is 1. The lowest BCUT2D eigenvalue weighted by atomic mass is 10.0. The average molecular weight is 273 g/mol. The Morgan fingerprint density at radius 3 is 2.44 bits per heavy atom. The van der Waals surface area contributed by atoms with Crippen LogP contribution < -0.4 is 9.46 Å². The predicted octanol–water partition coefficient (Wildman–Crippen LogP) is 2.19. The molecule has 0 spiro atoms. The highest BCUT2D eigenvalue weighted by molar-refractivity contribution is 7.92. The molecule has 0 heterocycles. The average Bonchev–Trinajstić information content (AvgIpc) is 2.17. The van der Waals surface area contributed by atoms with Crippen LogP contribution >= 0.6 is 0 Å². The Morgan fingerprint density at radius 2 is 1.94 bits per heavy atom. The van der Waals surface area contributed by atoms with Crippen LogP contribution in [0.15, 0.2) is 18.2 Å². The second-order valence-electron chi connectivity index (χ2n) is 5.30. The van der Waals surface area contributed by atoms with Crippen molar-refractivity contribution in [3.8, 4) is 11.5 Å². The lowest BCUT2D eigenvalue weighted by Gasteiger charge is -2.19. The van der Waals surface area contributed by atoms with Gasteiger partial charge in [-0.2, -0.15) is 0 Å². The minimum absolute atomic E-state index is 0.0311. The van der Waals surface area contributed by atoms with E-state index in [2.05, 4.69) is 4.72 Å². The first kappa shape index (κ1) is 14.6. The highest BCUT2D eigenvalue weighted by Crippen LogP contribution is 2.29. The lowest BCUT2D eigenvalue weighted by molar-refractivity contribution is 0.413. The van der Waals surface area contributed by atoms with Crippen LogP contribution in [0.5, 0.6) is 11.5 Å². The van der Waals surface area contributed by atoms with Gasteiger partial charge in [-0.25, -0.2) is 8.42 Å². The number of phenols is 1. The molecule has 0 aliphatic carbocycles. The van der Waals surface area contributed by atoms with Crippen LogP contribution in [0.25, 0.3) is 0 Å². The summed E-state index contributed by atoms with van der Waals surface area (Å²) in [6, 6.07) is 4.38. The van der Waals surface area contributed by atoms with Crippen LogP contribution in [0.4, 0.5) is 5.69 Å². The van der Waals surface area contributed by atoms with E-state index >= 15 is 0 Å². The molecule has 18 heavy (non-hydrogen) atoms. The zero-order valence-corrected chi connectivity index (χ0v) is 11.8. The third-order valence-corrected chi connectivity index (χ3v) is 3.87. The van der Waals surface area contributed by atoms with Gasteiger partial charge in [0.15, 0.2) is 0 Å². The Balaban J connectivity index is 2.97. The monoisotopic (exact) mass is 273 g/mol. The fourth-order valence-corrected chi connectivity index (χ4v) is 3.21. The fourth-order valence-electron chi connectivity index (χ4n) is 1.50. The summed E-state index contributed by atoms with van der Waals surface area (Å²) in [6.07, 6.45) is 0. The van der Waals surface area contributed by atoms with E-state index in [1.54, 1.807) is 6.07 Å². The van der Waals surface area contributed by atoms with E-state index in [1.807, 2.05) is 20.8 Å². The highest BCUT2D eigenvalue weighted by Gasteiger charge is 2.22. The molecule has 6 heteroatoms. The van der Waals surface area contributed by atoms with Gasteiger partial charge in [-0.05, 0) is 17.5 Å². The number of sulfonamides is 1. The van der Waals surface area contributed by atoms with Crippen molar-refractivity contribution >= 4 is 15.7 Å². The van der Waals surface area contributed by atoms with Gasteiger partial charge in [-0.3, -0.25) is 4.72 Å². The largest absolute Gasteiger partial charge is 0.506 e. The molecule has 0 atom stereocenters. The van der Waals surface area contributed by atoms with Crippen molar-refractivity contribution in [1.29, 1.82) is 0 Å². The van der Waals surface area contributed by atoms with E-state index in [1.165, 1.54) is 19.2 Å². The summed E-state index contributed by atoms with van der Waals surface area (Å²) in [5, 5.41) is 9.61. The molecular formula is C12H19NO4S. The van der Waals surface area contributed by atoms with Crippen LogP contribution in [0.1, 0.15) is 20.8 Å². The van der Waals surface area contributed by atoms with Gasteiger partial charge in [0.25, 0.3) is 0 Å². The van der Waals surface area contributed by atoms with Crippen LogP contribution in [-0.2, 0) is 10.0 Å². The zero-order valence-electron chi connectivity index (χ0n) is 11.0. The number of hydrogen-bond donors (Lipinski definition) is 2. The second kappa shape index (κ2) is 5.06. The van der Waals surface area contributed by atoms with E-state index < -0.39 is 10.0 Å². The van der Waals surface area contributed by atoms with Crippen LogP contribution in [0.2, 0.25) is 0 Å². The minimum Gasteiger partial charge on any atom is -0.506 e. The molecule has 0 aliphatic heterocycles. The quantitative estimate of drug-likeness (QED) is 0.824. The predicted molar refractivity (Wildman–Crippen MR) is 71.5 cm³/mol. The van der Waals surface area contributed by atoms with Crippen molar-refractivity contribution in [3.05, 3.63) is 18.2 Å². The number of phenolic OH excluding ortho intramolecular Hbond substituents is 1. The Hall–Kier alpha value is -1.43. The van der Waals surface area contributed by atoms with Crippen molar-refractivity contribution in [3.63, 3.8) is 0 Å². The standard InChI is InChI=1S/C12H19NO4S/c1-12(2,3)8-18(15,16)13-10-7-9(17-4)5-6-11(10)14/h5-7,13-14H,8H2,1-4H3. The molecule has 1 rings (SSSR count). The first-order valence-corrected chi connectivity index (χ1v) is 7.16. The van der Waals surface area contributed by atoms with Crippen molar-refractivity contribution in [1.82, 2.24) is 0 Å². The Bertz CT molecular complexity index is 517. The van der Waals surface area contributed by atoms with Gasteiger partial charge in [0.05, 0.1) is 18.6 Å². The topological polar surface area (TPSA) is 75.6 Å². The molecule has 0 fully saturated rings. The highest BCUT2D eigenvalue weighted by atomic mass is 32.2. The minimum atomic E-state index is -3.51. The molecule has 102 valence electrons. The molecule has 0 amide bonds. The molecule has 0 saturated heterocycles. The molecule has 5 nitrogen and oxygen atoms in total. The number of rotatable bonds is 4. The summed E-state index contributed by atoms with van der Waals surface area (Å²) in [6.45, 7) is 5.49. The molecule has 0 unspecified atom stereocenters. The zero-order chi connectivity index (χ0) is 14.0. The van der Waals surface area contributed by atoms with Crippen molar-refractivity contribution in [2.75, 3.05) is 17.6 Å². The summed E-state index contributed by atoms with van der Waals surface area (Å²) in [7, 11) is -2.03. The van der Waals surface area contributed by atoms with Gasteiger partial charge in [0, 0.05) is 6.07 Å². The third-order valence-electron chi connectivity index (χ3n) is 2.09. The summed E-state index contributed by atoms with van der Waals surface area (Å²) < 4.78 is 31.1. The summed E-state index contributed by atoms with van der Waals surface area (Å²) >= 11 is 0. The van der Waals surface area contributed by atoms with Gasteiger partial charge in [-0.15, -0.1) is 0 Å². The Labute approximate surface area is 108 Å². The maximum absolute atomic E-state index is 11.9. The number of nitrogens with one attached hydrogen (secondary N) is 1. The van der Waals surface area contributed by atoms with Crippen LogP contribution in [-0.4, -0.2) is 26.4 Å². The lowest BCUT2D eigenvalue weighted by Crippen LogP contribution is -2.26. The normalized spacial score (nSPS) is 12.2. The molecule has 1 aromatic rings. The van der Waals surface area contributed by atoms with E-state index in [0.29, 0.717) is 5.75 Å².